The molecule has 5 heteroatoms. The van der Waals surface area contributed by atoms with Crippen LogP contribution in [0.5, 0.6) is 0 Å². The van der Waals surface area contributed by atoms with Crippen LogP contribution < -0.4 is 5.73 Å². The maximum atomic E-state index is 11.5. The molecule has 0 bridgehead atoms. The molecule has 1 aliphatic rings. The Kier molecular flexibility index (Phi) is 3.46. The summed E-state index contributed by atoms with van der Waals surface area (Å²) in [6.07, 6.45) is 1.88. The van der Waals surface area contributed by atoms with E-state index < -0.39 is 17.9 Å². The number of hydrogen-bond donors (Lipinski definition) is 2. The van der Waals surface area contributed by atoms with Crippen molar-refractivity contribution >= 4 is 11.9 Å². The van der Waals surface area contributed by atoms with Crippen LogP contribution in [0.3, 0.4) is 0 Å². The first kappa shape index (κ1) is 11.0. The van der Waals surface area contributed by atoms with Crippen molar-refractivity contribution < 1.29 is 14.7 Å². The molecule has 1 aliphatic heterocycles. The number of nitrogens with two attached hydrogens (primary N) is 1. The zero-order chi connectivity index (χ0) is 10.7. The number of carboxylic acid groups (broad SMARTS) is 1. The SMILES string of the molecule is CCCCN1CC(C(=O)O)C(N)C1=O. The van der Waals surface area contributed by atoms with E-state index in [2.05, 4.69) is 0 Å². The van der Waals surface area contributed by atoms with Crippen molar-refractivity contribution in [3.8, 4) is 0 Å². The maximum Gasteiger partial charge on any atom is 0.310 e. The third kappa shape index (κ3) is 2.04. The Labute approximate surface area is 82.9 Å². The van der Waals surface area contributed by atoms with Crippen LogP contribution in [0.4, 0.5) is 0 Å². The number of amides is 1. The van der Waals surface area contributed by atoms with E-state index >= 15 is 0 Å². The summed E-state index contributed by atoms with van der Waals surface area (Å²) < 4.78 is 0. The molecule has 1 heterocycles. The molecule has 0 aliphatic carbocycles. The Bertz CT molecular complexity index is 242. The fourth-order valence-electron chi connectivity index (χ4n) is 1.61. The molecule has 3 N–H and O–H groups in total. The predicted octanol–water partition coefficient (Wildman–Crippen LogP) is -0.343. The van der Waals surface area contributed by atoms with Crippen LogP contribution in [0, 0.1) is 5.92 Å². The number of unbranched alkanes of at least 4 members (excludes halogenated alkanes) is 1. The summed E-state index contributed by atoms with van der Waals surface area (Å²) in [6.45, 7) is 2.90. The van der Waals surface area contributed by atoms with Crippen LogP contribution in [-0.2, 0) is 9.59 Å². The van der Waals surface area contributed by atoms with Crippen molar-refractivity contribution in [3.63, 3.8) is 0 Å². The number of nitrogens with zero attached hydrogens (tertiary/aromatic N) is 1. The standard InChI is InChI=1S/C9H16N2O3/c1-2-3-4-11-5-6(9(13)14)7(10)8(11)12/h6-7H,2-5,10H2,1H3,(H,13,14). The van der Waals surface area contributed by atoms with Crippen molar-refractivity contribution in [2.75, 3.05) is 13.1 Å². The molecule has 1 fully saturated rings. The van der Waals surface area contributed by atoms with Gasteiger partial charge in [-0.25, -0.2) is 0 Å². The fraction of sp³-hybridized carbons (Fsp3) is 0.778. The van der Waals surface area contributed by atoms with Crippen molar-refractivity contribution in [1.82, 2.24) is 4.90 Å². The lowest BCUT2D eigenvalue weighted by atomic mass is 10.1. The predicted molar refractivity (Wildman–Crippen MR) is 50.6 cm³/mol. The lowest BCUT2D eigenvalue weighted by Crippen LogP contribution is -2.38. The molecule has 0 aromatic heterocycles. The number of rotatable bonds is 4. The van der Waals surface area contributed by atoms with Gasteiger partial charge in [-0.05, 0) is 6.42 Å². The van der Waals surface area contributed by atoms with Crippen molar-refractivity contribution in [2.45, 2.75) is 25.8 Å². The first-order chi connectivity index (χ1) is 6.57. The molecule has 1 amide bonds. The van der Waals surface area contributed by atoms with Gasteiger partial charge in [0.25, 0.3) is 0 Å². The molecule has 1 saturated heterocycles. The van der Waals surface area contributed by atoms with Gasteiger partial charge in [-0.2, -0.15) is 0 Å². The van der Waals surface area contributed by atoms with Gasteiger partial charge in [0.05, 0.1) is 12.0 Å². The molecule has 2 atom stereocenters. The number of hydrogen-bond acceptors (Lipinski definition) is 3. The molecule has 5 nitrogen and oxygen atoms in total. The van der Waals surface area contributed by atoms with E-state index in [1.54, 1.807) is 4.90 Å². The van der Waals surface area contributed by atoms with E-state index in [-0.39, 0.29) is 12.5 Å². The van der Waals surface area contributed by atoms with Crippen LogP contribution in [-0.4, -0.2) is 41.0 Å². The van der Waals surface area contributed by atoms with Gasteiger partial charge in [0.15, 0.2) is 0 Å². The molecule has 0 aromatic carbocycles. The smallest absolute Gasteiger partial charge is 0.310 e. The summed E-state index contributed by atoms with van der Waals surface area (Å²) in [5.41, 5.74) is 5.51. The zero-order valence-electron chi connectivity index (χ0n) is 8.27. The van der Waals surface area contributed by atoms with E-state index in [1.807, 2.05) is 6.92 Å². The van der Waals surface area contributed by atoms with E-state index in [0.717, 1.165) is 12.8 Å². The highest BCUT2D eigenvalue weighted by Crippen LogP contribution is 2.17. The number of carbonyl (C=O) groups excluding carboxylic acids is 1. The third-order valence-corrected chi connectivity index (χ3v) is 2.55. The molecule has 0 spiro atoms. The van der Waals surface area contributed by atoms with Gasteiger partial charge in [-0.3, -0.25) is 9.59 Å². The summed E-state index contributed by atoms with van der Waals surface area (Å²) in [7, 11) is 0. The van der Waals surface area contributed by atoms with Gasteiger partial charge < -0.3 is 15.7 Å². The summed E-state index contributed by atoms with van der Waals surface area (Å²) >= 11 is 0. The average molecular weight is 200 g/mol. The quantitative estimate of drug-likeness (QED) is 0.650. The molecule has 14 heavy (non-hydrogen) atoms. The second-order valence-corrected chi connectivity index (χ2v) is 3.61. The normalized spacial score (nSPS) is 27.0. The first-order valence-corrected chi connectivity index (χ1v) is 4.85. The molecule has 0 saturated carbocycles. The fourth-order valence-corrected chi connectivity index (χ4v) is 1.61. The van der Waals surface area contributed by atoms with Gasteiger partial charge in [0.1, 0.15) is 0 Å². The molecule has 0 aromatic rings. The van der Waals surface area contributed by atoms with E-state index in [0.29, 0.717) is 6.54 Å². The molecule has 0 radical (unpaired) electrons. The maximum absolute atomic E-state index is 11.5. The average Bonchev–Trinajstić information content (AvgIpc) is 2.42. The summed E-state index contributed by atoms with van der Waals surface area (Å²) in [6, 6.07) is -0.857. The van der Waals surface area contributed by atoms with Crippen molar-refractivity contribution in [3.05, 3.63) is 0 Å². The summed E-state index contributed by atoms with van der Waals surface area (Å²) in [5, 5.41) is 8.79. The van der Waals surface area contributed by atoms with Crippen LogP contribution in [0.2, 0.25) is 0 Å². The molecule has 1 rings (SSSR count). The minimum absolute atomic E-state index is 0.231. The van der Waals surface area contributed by atoms with Crippen LogP contribution in [0.25, 0.3) is 0 Å². The minimum atomic E-state index is -0.982. The monoisotopic (exact) mass is 200 g/mol. The second kappa shape index (κ2) is 4.41. The van der Waals surface area contributed by atoms with E-state index in [1.165, 1.54) is 0 Å². The topological polar surface area (TPSA) is 83.6 Å². The van der Waals surface area contributed by atoms with Gasteiger partial charge in [-0.1, -0.05) is 13.3 Å². The Morgan fingerprint density at radius 3 is 2.79 bits per heavy atom. The van der Waals surface area contributed by atoms with Crippen molar-refractivity contribution in [2.24, 2.45) is 11.7 Å². The highest BCUT2D eigenvalue weighted by Gasteiger charge is 2.41. The van der Waals surface area contributed by atoms with E-state index in [4.69, 9.17) is 10.8 Å². The Hall–Kier alpha value is -1.10. The molecular weight excluding hydrogens is 184 g/mol. The van der Waals surface area contributed by atoms with Gasteiger partial charge in [0, 0.05) is 13.1 Å². The lowest BCUT2D eigenvalue weighted by Gasteiger charge is -2.14. The lowest BCUT2D eigenvalue weighted by molar-refractivity contribution is -0.142. The minimum Gasteiger partial charge on any atom is -0.481 e. The summed E-state index contributed by atoms with van der Waals surface area (Å²) in [4.78, 5) is 23.7. The van der Waals surface area contributed by atoms with Crippen LogP contribution >= 0.6 is 0 Å². The van der Waals surface area contributed by atoms with Crippen molar-refractivity contribution in [1.29, 1.82) is 0 Å². The summed E-state index contributed by atoms with van der Waals surface area (Å²) in [5.74, 6) is -1.95. The van der Waals surface area contributed by atoms with Crippen LogP contribution in [0.1, 0.15) is 19.8 Å². The highest BCUT2D eigenvalue weighted by molar-refractivity contribution is 5.90. The molecular formula is C9H16N2O3. The van der Waals surface area contributed by atoms with E-state index in [9.17, 15) is 9.59 Å². The largest absolute Gasteiger partial charge is 0.481 e. The Morgan fingerprint density at radius 2 is 2.36 bits per heavy atom. The number of aliphatic carboxylic acids is 1. The third-order valence-electron chi connectivity index (χ3n) is 2.55. The Morgan fingerprint density at radius 1 is 1.71 bits per heavy atom. The Balaban J connectivity index is 2.57. The second-order valence-electron chi connectivity index (χ2n) is 3.61. The first-order valence-electron chi connectivity index (χ1n) is 4.85. The van der Waals surface area contributed by atoms with Crippen LogP contribution in [0.15, 0.2) is 0 Å². The number of likely N-dealkylation sites (tertiary alicyclic amines) is 1. The number of carboxylic acids is 1. The molecule has 80 valence electrons. The van der Waals surface area contributed by atoms with Gasteiger partial charge in [0.2, 0.25) is 5.91 Å². The van der Waals surface area contributed by atoms with Gasteiger partial charge >= 0.3 is 5.97 Å². The molecule has 2 unspecified atom stereocenters. The number of carbonyl (C=O) groups is 2. The van der Waals surface area contributed by atoms with Gasteiger partial charge in [-0.15, -0.1) is 0 Å². The zero-order valence-corrected chi connectivity index (χ0v) is 8.27. The highest BCUT2D eigenvalue weighted by atomic mass is 16.4.